The van der Waals surface area contributed by atoms with Crippen molar-refractivity contribution >= 4 is 17.7 Å². The number of primary amides is 1. The predicted molar refractivity (Wildman–Crippen MR) is 141 cm³/mol. The highest BCUT2D eigenvalue weighted by Crippen LogP contribution is 2.29. The Balaban J connectivity index is 2.43. The molecule has 1 aliphatic rings. The molecule has 1 aliphatic heterocycles. The normalized spacial score (nSPS) is 31.9. The molecule has 0 unspecified atom stereocenters. The van der Waals surface area contributed by atoms with Gasteiger partial charge < -0.3 is 30.7 Å². The first-order chi connectivity index (χ1) is 16.9. The van der Waals surface area contributed by atoms with Crippen LogP contribution in [0.25, 0.3) is 0 Å². The minimum atomic E-state index is -0.859. The molecule has 200 valence electrons. The van der Waals surface area contributed by atoms with E-state index in [4.69, 9.17) is 15.2 Å². The number of ether oxygens (including phenoxy) is 2. The predicted octanol–water partition coefficient (Wildman–Crippen LogP) is 4.70. The largest absolute Gasteiger partial charge is 0.506 e. The van der Waals surface area contributed by atoms with Crippen LogP contribution in [0.4, 0.5) is 10.5 Å². The highest BCUT2D eigenvalue weighted by Gasteiger charge is 2.28. The molecule has 36 heavy (non-hydrogen) atoms. The lowest BCUT2D eigenvalue weighted by atomic mass is 9.87. The molecular formula is C28H42N2O6. The summed E-state index contributed by atoms with van der Waals surface area (Å²) in [5.41, 5.74) is 8.00. The maximum atomic E-state index is 12.7. The van der Waals surface area contributed by atoms with Gasteiger partial charge in [0.2, 0.25) is 0 Å². The number of fused-ring (bicyclic) bond motifs is 2. The van der Waals surface area contributed by atoms with Crippen molar-refractivity contribution in [1.29, 1.82) is 0 Å². The van der Waals surface area contributed by atoms with E-state index in [9.17, 15) is 19.8 Å². The summed E-state index contributed by atoms with van der Waals surface area (Å²) in [5.74, 6) is -0.465. The van der Waals surface area contributed by atoms with E-state index in [1.54, 1.807) is 26.2 Å². The third-order valence-corrected chi connectivity index (χ3v) is 6.92. The molecule has 0 saturated heterocycles. The Bertz CT molecular complexity index is 973. The fourth-order valence-electron chi connectivity index (χ4n) is 4.83. The highest BCUT2D eigenvalue weighted by molar-refractivity contribution is 6.04. The number of aromatic hydroxyl groups is 1. The van der Waals surface area contributed by atoms with E-state index in [2.05, 4.69) is 12.2 Å². The molecule has 0 saturated carbocycles. The van der Waals surface area contributed by atoms with Crippen molar-refractivity contribution in [3.63, 3.8) is 0 Å². The lowest BCUT2D eigenvalue weighted by Gasteiger charge is -2.29. The second-order valence-electron chi connectivity index (χ2n) is 10.2. The molecule has 8 nitrogen and oxygen atoms in total. The first-order valence-electron chi connectivity index (χ1n) is 12.6. The van der Waals surface area contributed by atoms with Crippen LogP contribution >= 0.6 is 0 Å². The molecule has 0 aliphatic carbocycles. The van der Waals surface area contributed by atoms with Crippen LogP contribution in [0.2, 0.25) is 0 Å². The summed E-state index contributed by atoms with van der Waals surface area (Å²) >= 11 is 0. The molecular weight excluding hydrogens is 460 g/mol. The molecule has 2 bridgehead atoms. The number of hydrogen-bond donors (Lipinski definition) is 4. The van der Waals surface area contributed by atoms with Crippen molar-refractivity contribution in [3.8, 4) is 5.75 Å². The number of nitrogens with one attached hydrogen (secondary N) is 1. The quantitative estimate of drug-likeness (QED) is 0.343. The molecule has 0 aromatic heterocycles. The van der Waals surface area contributed by atoms with Gasteiger partial charge in [0.25, 0.3) is 5.91 Å². The Morgan fingerprint density at radius 3 is 2.53 bits per heavy atom. The van der Waals surface area contributed by atoms with E-state index in [1.165, 1.54) is 0 Å². The van der Waals surface area contributed by atoms with Crippen LogP contribution < -0.4 is 11.1 Å². The lowest BCUT2D eigenvalue weighted by Crippen LogP contribution is -2.35. The number of carbonyl (C=O) groups is 2. The zero-order valence-electron chi connectivity index (χ0n) is 22.3. The van der Waals surface area contributed by atoms with Gasteiger partial charge >= 0.3 is 6.09 Å². The van der Waals surface area contributed by atoms with Crippen molar-refractivity contribution in [2.45, 2.75) is 78.6 Å². The minimum absolute atomic E-state index is 0.000858. The van der Waals surface area contributed by atoms with Crippen LogP contribution in [0.1, 0.15) is 59.4 Å². The zero-order valence-corrected chi connectivity index (χ0v) is 22.3. The number of rotatable bonds is 2. The van der Waals surface area contributed by atoms with Gasteiger partial charge in [0.1, 0.15) is 11.9 Å². The van der Waals surface area contributed by atoms with Gasteiger partial charge in [-0.3, -0.25) is 4.79 Å². The number of methoxy groups -OCH3 is 1. The molecule has 1 heterocycles. The number of nitrogens with two attached hydrogens (primary N) is 1. The third kappa shape index (κ3) is 8.38. The number of phenols is 1. The second-order valence-corrected chi connectivity index (χ2v) is 10.2. The Morgan fingerprint density at radius 2 is 1.89 bits per heavy atom. The van der Waals surface area contributed by atoms with Crippen LogP contribution in [-0.4, -0.2) is 47.6 Å². The number of phenolic OH excluding ortho intramolecular Hbond substituents is 1. The first kappa shape index (κ1) is 29.4. The summed E-state index contributed by atoms with van der Waals surface area (Å²) in [7, 11) is 1.59. The molecule has 8 heteroatoms. The van der Waals surface area contributed by atoms with Gasteiger partial charge in [-0.1, -0.05) is 39.0 Å². The maximum Gasteiger partial charge on any atom is 0.405 e. The summed E-state index contributed by atoms with van der Waals surface area (Å²) in [6.45, 7) is 9.54. The average molecular weight is 503 g/mol. The van der Waals surface area contributed by atoms with Crippen LogP contribution in [0.15, 0.2) is 41.5 Å². The van der Waals surface area contributed by atoms with Crippen molar-refractivity contribution < 1.29 is 29.3 Å². The van der Waals surface area contributed by atoms with Gasteiger partial charge in [-0.25, -0.2) is 4.79 Å². The van der Waals surface area contributed by atoms with Gasteiger partial charge in [0.05, 0.1) is 17.9 Å². The standard InChI is InChI=1S/C28H42N2O6/c1-16-12-21-10-11-23(31)22(15-21)30-27(33)18(3)9-7-8-17(2)26(36-28(29)34)20(5)14-19(4)25(32)24(13-16)35-6/h9-11,14-17,19,24-26,31-32H,7-8,12-13H2,1-6H3,(H2,29,34)(H,30,33)/b18-9+,20-14+/t16-,17+,19+,24+,25-,26-/m1/s1. The smallest absolute Gasteiger partial charge is 0.405 e. The number of hydrogen-bond acceptors (Lipinski definition) is 6. The van der Waals surface area contributed by atoms with Gasteiger partial charge in [0, 0.05) is 18.6 Å². The third-order valence-electron chi connectivity index (χ3n) is 6.92. The fourth-order valence-corrected chi connectivity index (χ4v) is 4.83. The molecule has 0 fully saturated rings. The molecule has 2 amide bonds. The Labute approximate surface area is 214 Å². The molecule has 2 rings (SSSR count). The van der Waals surface area contributed by atoms with Crippen molar-refractivity contribution in [1.82, 2.24) is 0 Å². The van der Waals surface area contributed by atoms with E-state index >= 15 is 0 Å². The van der Waals surface area contributed by atoms with Gasteiger partial charge in [-0.05, 0) is 74.6 Å². The van der Waals surface area contributed by atoms with Crippen LogP contribution in [-0.2, 0) is 20.7 Å². The number of allylic oxidation sites excluding steroid dienone is 1. The maximum absolute atomic E-state index is 12.7. The first-order valence-corrected chi connectivity index (χ1v) is 12.6. The number of carbonyl (C=O) groups excluding carboxylic acids is 2. The number of amides is 2. The SMILES string of the molecule is CO[C@H]1C[C@H](C)Cc2ccc(O)c(c2)NC(=O)/C(C)=C/CC[C@H](C)[C@@H](OC(N)=O)/C(C)=C/[C@H](C)[C@H]1O. The van der Waals surface area contributed by atoms with Crippen LogP contribution in [0.3, 0.4) is 0 Å². The molecule has 5 N–H and O–H groups in total. The van der Waals surface area contributed by atoms with Crippen molar-refractivity contribution in [2.24, 2.45) is 23.5 Å². The fraction of sp³-hybridized carbons (Fsp3) is 0.571. The Hall–Kier alpha value is -2.84. The summed E-state index contributed by atoms with van der Waals surface area (Å²) in [4.78, 5) is 24.4. The number of anilines is 1. The lowest BCUT2D eigenvalue weighted by molar-refractivity contribution is -0.112. The zero-order chi connectivity index (χ0) is 27.0. The number of benzene rings is 1. The van der Waals surface area contributed by atoms with E-state index in [0.717, 1.165) is 11.1 Å². The molecule has 0 radical (unpaired) electrons. The minimum Gasteiger partial charge on any atom is -0.506 e. The summed E-state index contributed by atoms with van der Waals surface area (Å²) in [6.07, 6.45) is 3.68. The second kappa shape index (κ2) is 13.5. The van der Waals surface area contributed by atoms with Gasteiger partial charge in [-0.2, -0.15) is 0 Å². The summed E-state index contributed by atoms with van der Waals surface area (Å²) in [6, 6.07) is 5.20. The number of aliphatic hydroxyl groups is 1. The summed E-state index contributed by atoms with van der Waals surface area (Å²) < 4.78 is 11.1. The van der Waals surface area contributed by atoms with E-state index in [0.29, 0.717) is 36.9 Å². The van der Waals surface area contributed by atoms with Crippen LogP contribution in [0, 0.1) is 17.8 Å². The Morgan fingerprint density at radius 1 is 1.19 bits per heavy atom. The number of aliphatic hydroxyl groups excluding tert-OH is 1. The topological polar surface area (TPSA) is 131 Å². The van der Waals surface area contributed by atoms with Crippen molar-refractivity contribution in [2.75, 3.05) is 12.4 Å². The molecule has 1 aromatic carbocycles. The summed E-state index contributed by atoms with van der Waals surface area (Å²) in [5, 5.41) is 24.2. The Kier molecular flexibility index (Phi) is 11.0. The molecule has 6 atom stereocenters. The van der Waals surface area contributed by atoms with Crippen LogP contribution in [0.5, 0.6) is 5.75 Å². The van der Waals surface area contributed by atoms with E-state index in [1.807, 2.05) is 39.0 Å². The van der Waals surface area contributed by atoms with E-state index < -0.39 is 24.4 Å². The molecule has 1 aromatic rings. The highest BCUT2D eigenvalue weighted by atomic mass is 16.6. The van der Waals surface area contributed by atoms with E-state index in [-0.39, 0.29) is 29.4 Å². The van der Waals surface area contributed by atoms with Gasteiger partial charge in [0.15, 0.2) is 0 Å². The molecule has 0 spiro atoms. The van der Waals surface area contributed by atoms with Crippen molar-refractivity contribution in [3.05, 3.63) is 47.1 Å². The average Bonchev–Trinajstić information content (AvgIpc) is 2.81. The monoisotopic (exact) mass is 502 g/mol. The van der Waals surface area contributed by atoms with Gasteiger partial charge in [-0.15, -0.1) is 0 Å².